The van der Waals surface area contributed by atoms with Crippen LogP contribution < -0.4 is 15.8 Å². The number of nitrogens with one attached hydrogen (secondary N) is 1. The second-order valence-corrected chi connectivity index (χ2v) is 6.09. The van der Waals surface area contributed by atoms with Crippen LogP contribution in [0.4, 0.5) is 8.78 Å². The summed E-state index contributed by atoms with van der Waals surface area (Å²) in [5.74, 6) is -0.486. The molecular weight excluding hydrogens is 337 g/mol. The van der Waals surface area contributed by atoms with Gasteiger partial charge in [-0.15, -0.1) is 0 Å². The Bertz CT molecular complexity index is 558. The summed E-state index contributed by atoms with van der Waals surface area (Å²) in [5.41, 5.74) is 6.07. The quantitative estimate of drug-likeness (QED) is 0.853. The highest BCUT2D eigenvalue weighted by Crippen LogP contribution is 2.33. The molecule has 2 atom stereocenters. The Morgan fingerprint density at radius 1 is 1.41 bits per heavy atom. The van der Waals surface area contributed by atoms with E-state index in [1.54, 1.807) is 0 Å². The molecule has 0 bridgehead atoms. The molecule has 0 aromatic heterocycles. The topological polar surface area (TPSA) is 64.4 Å². The van der Waals surface area contributed by atoms with E-state index >= 15 is 0 Å². The Kier molecular flexibility index (Phi) is 5.83. The number of amides is 1. The van der Waals surface area contributed by atoms with Crippen LogP contribution in [0.1, 0.15) is 24.8 Å². The predicted octanol–water partition coefficient (Wildman–Crippen LogP) is 3.34. The molecule has 3 N–H and O–H groups in total. The van der Waals surface area contributed by atoms with Crippen molar-refractivity contribution in [2.45, 2.75) is 38.5 Å². The monoisotopic (exact) mass is 352 g/mol. The average molecular weight is 353 g/mol. The first-order valence-electron chi connectivity index (χ1n) is 6.83. The van der Waals surface area contributed by atoms with Crippen LogP contribution >= 0.6 is 23.2 Å². The van der Waals surface area contributed by atoms with Crippen LogP contribution in [0, 0.1) is 5.92 Å². The minimum Gasteiger partial charge on any atom is -0.433 e. The Morgan fingerprint density at radius 2 is 2.14 bits per heavy atom. The SMILES string of the molecule is NC1CCC(C(=O)NCc2cc(Cl)cc(Cl)c2OC(F)F)C1. The zero-order valence-corrected chi connectivity index (χ0v) is 13.1. The number of benzene rings is 1. The van der Waals surface area contributed by atoms with Gasteiger partial charge in [-0.1, -0.05) is 23.2 Å². The van der Waals surface area contributed by atoms with Crippen molar-refractivity contribution in [2.24, 2.45) is 11.7 Å². The maximum absolute atomic E-state index is 12.5. The first-order chi connectivity index (χ1) is 10.4. The van der Waals surface area contributed by atoms with Gasteiger partial charge >= 0.3 is 6.61 Å². The summed E-state index contributed by atoms with van der Waals surface area (Å²) < 4.78 is 29.3. The Hall–Kier alpha value is -1.11. The van der Waals surface area contributed by atoms with Crippen LogP contribution in [-0.2, 0) is 11.3 Å². The molecule has 1 aliphatic rings. The summed E-state index contributed by atoms with van der Waals surface area (Å²) in [5, 5.41) is 2.94. The van der Waals surface area contributed by atoms with Gasteiger partial charge in [-0.25, -0.2) is 0 Å². The van der Waals surface area contributed by atoms with Crippen molar-refractivity contribution in [3.05, 3.63) is 27.7 Å². The number of hydrogen-bond acceptors (Lipinski definition) is 3. The molecule has 2 rings (SSSR count). The summed E-state index contributed by atoms with van der Waals surface area (Å²) in [6, 6.07) is 2.78. The number of ether oxygens (including phenoxy) is 1. The molecule has 8 heteroatoms. The molecule has 2 unspecified atom stereocenters. The number of rotatable bonds is 5. The van der Waals surface area contributed by atoms with Crippen LogP contribution in [0.3, 0.4) is 0 Å². The fraction of sp³-hybridized carbons (Fsp3) is 0.500. The molecule has 4 nitrogen and oxygen atoms in total. The van der Waals surface area contributed by atoms with Gasteiger partial charge in [0.1, 0.15) is 5.75 Å². The van der Waals surface area contributed by atoms with Crippen molar-refractivity contribution >= 4 is 29.1 Å². The largest absolute Gasteiger partial charge is 0.433 e. The molecule has 0 saturated heterocycles. The number of hydrogen-bond donors (Lipinski definition) is 2. The van der Waals surface area contributed by atoms with Gasteiger partial charge in [-0.05, 0) is 31.4 Å². The van der Waals surface area contributed by atoms with E-state index in [-0.39, 0.29) is 40.2 Å². The molecule has 122 valence electrons. The smallest absolute Gasteiger partial charge is 0.387 e. The van der Waals surface area contributed by atoms with Crippen molar-refractivity contribution in [3.8, 4) is 5.75 Å². The zero-order chi connectivity index (χ0) is 16.3. The van der Waals surface area contributed by atoms with Crippen molar-refractivity contribution in [2.75, 3.05) is 0 Å². The molecule has 0 spiro atoms. The van der Waals surface area contributed by atoms with Crippen LogP contribution in [0.15, 0.2) is 12.1 Å². The minimum absolute atomic E-state index is 0.00685. The molecule has 0 aliphatic heterocycles. The third-order valence-corrected chi connectivity index (χ3v) is 4.09. The third kappa shape index (κ3) is 4.44. The van der Waals surface area contributed by atoms with Crippen LogP contribution in [0.2, 0.25) is 10.0 Å². The minimum atomic E-state index is -3.01. The average Bonchev–Trinajstić information content (AvgIpc) is 2.86. The van der Waals surface area contributed by atoms with Crippen LogP contribution in [-0.4, -0.2) is 18.6 Å². The van der Waals surface area contributed by atoms with E-state index in [9.17, 15) is 13.6 Å². The van der Waals surface area contributed by atoms with E-state index in [0.717, 1.165) is 12.8 Å². The van der Waals surface area contributed by atoms with Gasteiger partial charge in [-0.3, -0.25) is 4.79 Å². The van der Waals surface area contributed by atoms with Gasteiger partial charge in [0.15, 0.2) is 0 Å². The Morgan fingerprint density at radius 3 is 2.73 bits per heavy atom. The van der Waals surface area contributed by atoms with E-state index in [0.29, 0.717) is 12.0 Å². The maximum Gasteiger partial charge on any atom is 0.387 e. The first-order valence-corrected chi connectivity index (χ1v) is 7.58. The molecule has 1 aromatic carbocycles. The molecule has 0 heterocycles. The predicted molar refractivity (Wildman–Crippen MR) is 80.3 cm³/mol. The van der Waals surface area contributed by atoms with Gasteiger partial charge in [0.2, 0.25) is 5.91 Å². The van der Waals surface area contributed by atoms with Gasteiger partial charge in [0.25, 0.3) is 0 Å². The van der Waals surface area contributed by atoms with Crippen molar-refractivity contribution in [1.82, 2.24) is 5.32 Å². The highest BCUT2D eigenvalue weighted by atomic mass is 35.5. The number of halogens is 4. The van der Waals surface area contributed by atoms with Gasteiger partial charge in [0.05, 0.1) is 5.02 Å². The van der Waals surface area contributed by atoms with Gasteiger partial charge in [-0.2, -0.15) is 8.78 Å². The van der Waals surface area contributed by atoms with E-state index < -0.39 is 6.61 Å². The lowest BCUT2D eigenvalue weighted by Gasteiger charge is -2.15. The third-order valence-electron chi connectivity index (χ3n) is 3.59. The van der Waals surface area contributed by atoms with Gasteiger partial charge < -0.3 is 15.8 Å². The molecule has 1 aliphatic carbocycles. The van der Waals surface area contributed by atoms with Crippen LogP contribution in [0.25, 0.3) is 0 Å². The van der Waals surface area contributed by atoms with Crippen molar-refractivity contribution in [3.63, 3.8) is 0 Å². The van der Waals surface area contributed by atoms with E-state index in [2.05, 4.69) is 10.1 Å². The standard InChI is InChI=1S/C14H16Cl2F2N2O2/c15-9-3-8(12(11(16)5-9)22-14(17)18)6-20-13(21)7-1-2-10(19)4-7/h3,5,7,10,14H,1-2,4,6,19H2,(H,20,21). The molecule has 0 radical (unpaired) electrons. The second-order valence-electron chi connectivity index (χ2n) is 5.24. The molecule has 1 aromatic rings. The molecular formula is C14H16Cl2F2N2O2. The zero-order valence-electron chi connectivity index (χ0n) is 11.6. The summed E-state index contributed by atoms with van der Waals surface area (Å²) in [4.78, 5) is 12.0. The number of carbonyl (C=O) groups excluding carboxylic acids is 1. The van der Waals surface area contributed by atoms with Crippen molar-refractivity contribution in [1.29, 1.82) is 0 Å². The highest BCUT2D eigenvalue weighted by molar-refractivity contribution is 6.35. The molecule has 1 amide bonds. The summed E-state index contributed by atoms with van der Waals surface area (Å²) in [6.07, 6.45) is 2.16. The fourth-order valence-electron chi connectivity index (χ4n) is 2.55. The summed E-state index contributed by atoms with van der Waals surface area (Å²) in [7, 11) is 0. The summed E-state index contributed by atoms with van der Waals surface area (Å²) in [6.45, 7) is -3.01. The van der Waals surface area contributed by atoms with Crippen LogP contribution in [0.5, 0.6) is 5.75 Å². The van der Waals surface area contributed by atoms with E-state index in [1.807, 2.05) is 0 Å². The van der Waals surface area contributed by atoms with E-state index in [1.165, 1.54) is 12.1 Å². The normalized spacial score (nSPS) is 21.2. The van der Waals surface area contributed by atoms with Gasteiger partial charge in [0, 0.05) is 29.1 Å². The Balaban J connectivity index is 2.06. The number of nitrogens with two attached hydrogens (primary N) is 1. The lowest BCUT2D eigenvalue weighted by molar-refractivity contribution is -0.125. The summed E-state index contributed by atoms with van der Waals surface area (Å²) >= 11 is 11.7. The van der Waals surface area contributed by atoms with E-state index in [4.69, 9.17) is 28.9 Å². The molecule has 22 heavy (non-hydrogen) atoms. The lowest BCUT2D eigenvalue weighted by atomic mass is 10.1. The number of carbonyl (C=O) groups is 1. The molecule has 1 saturated carbocycles. The Labute approximate surface area is 136 Å². The fourth-order valence-corrected chi connectivity index (χ4v) is 3.13. The van der Waals surface area contributed by atoms with Crippen molar-refractivity contribution < 1.29 is 18.3 Å². The number of alkyl halides is 2. The molecule has 1 fully saturated rings. The first kappa shape index (κ1) is 17.2. The highest BCUT2D eigenvalue weighted by Gasteiger charge is 2.27. The second kappa shape index (κ2) is 7.44. The maximum atomic E-state index is 12.5. The lowest BCUT2D eigenvalue weighted by Crippen LogP contribution is -2.30.